The number of carbonyl (C=O) groups excluding carboxylic acids is 4. The van der Waals surface area contributed by atoms with Crippen molar-refractivity contribution in [3.8, 4) is 16.3 Å². The van der Waals surface area contributed by atoms with Crippen LogP contribution >= 0.6 is 22.9 Å². The Hall–Kier alpha value is -4.28. The molecule has 2 aromatic carbocycles. The van der Waals surface area contributed by atoms with E-state index in [0.717, 1.165) is 58.2 Å². The number of para-hydroxylation sites is 1. The van der Waals surface area contributed by atoms with Gasteiger partial charge in [-0.3, -0.25) is 28.8 Å². The Morgan fingerprint density at radius 2 is 1.73 bits per heavy atom. The number of phenolic OH excluding ortho intramolecular Hbond substituents is 1. The highest BCUT2D eigenvalue weighted by Gasteiger charge is 2.68. The zero-order valence-corrected chi connectivity index (χ0v) is 30.3. The van der Waals surface area contributed by atoms with Gasteiger partial charge in [0.1, 0.15) is 17.3 Å². The lowest BCUT2D eigenvalue weighted by molar-refractivity contribution is -0.144. The monoisotopic (exact) mass is 722 g/mol. The van der Waals surface area contributed by atoms with Gasteiger partial charge in [-0.15, -0.1) is 11.3 Å². The Balaban J connectivity index is 1.14. The number of imide groups is 2. The van der Waals surface area contributed by atoms with Crippen molar-refractivity contribution >= 4 is 62.5 Å². The molecule has 9 nitrogen and oxygen atoms in total. The van der Waals surface area contributed by atoms with E-state index in [4.69, 9.17) is 16.7 Å². The number of likely N-dealkylation sites (tertiary alicyclic amines) is 1. The number of aromatic nitrogens is 2. The third-order valence-corrected chi connectivity index (χ3v) is 14.2. The van der Waals surface area contributed by atoms with Crippen molar-refractivity contribution in [1.82, 2.24) is 14.7 Å². The van der Waals surface area contributed by atoms with Crippen LogP contribution in [-0.4, -0.2) is 49.5 Å². The SMILES string of the molecule is Cc1c(-c2cc(N3C(=O)C4CC5C(=CCC6C(=O)N(C7CCCCC7)C(=O)C65)C(c5ccccc5O)C4(C)C3=O)n(C)n2)sc2ccc(Cl)cc12. The van der Waals surface area contributed by atoms with Gasteiger partial charge in [0.2, 0.25) is 23.6 Å². The van der Waals surface area contributed by atoms with Crippen LogP contribution in [0.3, 0.4) is 0 Å². The molecule has 4 amide bonds. The molecule has 6 unspecified atom stereocenters. The van der Waals surface area contributed by atoms with Gasteiger partial charge in [-0.25, -0.2) is 4.90 Å². The number of aromatic hydroxyl groups is 1. The molecule has 4 heterocycles. The van der Waals surface area contributed by atoms with Gasteiger partial charge in [0.15, 0.2) is 0 Å². The average molecular weight is 723 g/mol. The summed E-state index contributed by atoms with van der Waals surface area (Å²) in [6.07, 6.45) is 7.47. The second-order valence-corrected chi connectivity index (χ2v) is 16.8. The van der Waals surface area contributed by atoms with E-state index in [-0.39, 0.29) is 41.8 Å². The van der Waals surface area contributed by atoms with Crippen molar-refractivity contribution in [2.24, 2.45) is 36.1 Å². The molecule has 0 spiro atoms. The number of carbonyl (C=O) groups is 4. The molecule has 0 radical (unpaired) electrons. The van der Waals surface area contributed by atoms with Gasteiger partial charge in [0.05, 0.1) is 28.0 Å². The van der Waals surface area contributed by atoms with Gasteiger partial charge in [0.25, 0.3) is 0 Å². The molecule has 4 aromatic rings. The fraction of sp³-hybridized carbons (Fsp3) is 0.425. The van der Waals surface area contributed by atoms with Crippen molar-refractivity contribution in [3.63, 3.8) is 0 Å². The minimum Gasteiger partial charge on any atom is -0.508 e. The summed E-state index contributed by atoms with van der Waals surface area (Å²) in [5, 5.41) is 17.8. The standard InChI is InChI=1S/C40H39ClN4O5S/c1-20-26-17-21(41)13-16-31(26)51-35(20)29-19-32(43(3)42-29)45-37(48)28-18-27-23(34(40(28,2)39(45)50)24-11-7-8-12-30(24)46)14-15-25-33(27)38(49)44(36(25)47)22-9-5-4-6-10-22/h7-8,11-14,16-17,19,22,25,27-28,33-34,46H,4-6,9-10,15,18H2,1-3H3. The number of thiophene rings is 1. The van der Waals surface area contributed by atoms with Crippen LogP contribution in [0.2, 0.25) is 5.02 Å². The van der Waals surface area contributed by atoms with E-state index >= 15 is 4.79 Å². The van der Waals surface area contributed by atoms with Gasteiger partial charge in [-0.05, 0) is 80.7 Å². The van der Waals surface area contributed by atoms with Crippen molar-refractivity contribution < 1.29 is 24.3 Å². The molecule has 2 aromatic heterocycles. The second-order valence-electron chi connectivity index (χ2n) is 15.3. The van der Waals surface area contributed by atoms with Gasteiger partial charge in [-0.1, -0.05) is 60.7 Å². The van der Waals surface area contributed by atoms with E-state index in [0.29, 0.717) is 28.5 Å². The molecular weight excluding hydrogens is 684 g/mol. The van der Waals surface area contributed by atoms with Crippen LogP contribution in [0.25, 0.3) is 20.7 Å². The third-order valence-electron chi connectivity index (χ3n) is 12.7. The number of anilines is 1. The number of nitrogens with zero attached hydrogens (tertiary/aromatic N) is 4. The van der Waals surface area contributed by atoms with Gasteiger partial charge >= 0.3 is 0 Å². The summed E-state index contributed by atoms with van der Waals surface area (Å²) in [6.45, 7) is 3.86. The lowest BCUT2D eigenvalue weighted by Crippen LogP contribution is -2.49. The zero-order chi connectivity index (χ0) is 35.5. The summed E-state index contributed by atoms with van der Waals surface area (Å²) < 4.78 is 2.65. The molecule has 2 aliphatic heterocycles. The first kappa shape index (κ1) is 32.6. The van der Waals surface area contributed by atoms with Crippen molar-refractivity contribution in [2.45, 2.75) is 70.8 Å². The Bertz CT molecular complexity index is 2220. The number of benzene rings is 2. The van der Waals surface area contributed by atoms with Crippen LogP contribution < -0.4 is 4.90 Å². The maximum Gasteiger partial charge on any atom is 0.242 e. The van der Waals surface area contributed by atoms with Crippen LogP contribution in [0.1, 0.15) is 68.9 Å². The maximum absolute atomic E-state index is 15.0. The summed E-state index contributed by atoms with van der Waals surface area (Å²) in [7, 11) is 1.74. The molecule has 6 atom stereocenters. The number of allylic oxidation sites excluding steroid dienone is 2. The number of fused-ring (bicyclic) bond motifs is 5. The lowest BCUT2D eigenvalue weighted by atomic mass is 9.51. The van der Waals surface area contributed by atoms with Crippen LogP contribution in [0, 0.1) is 36.0 Å². The molecule has 9 rings (SSSR count). The highest BCUT2D eigenvalue weighted by Crippen LogP contribution is 2.64. The molecule has 2 saturated heterocycles. The van der Waals surface area contributed by atoms with Crippen LogP contribution in [-0.2, 0) is 26.2 Å². The largest absolute Gasteiger partial charge is 0.508 e. The topological polar surface area (TPSA) is 113 Å². The normalized spacial score (nSPS) is 29.5. The van der Waals surface area contributed by atoms with Gasteiger partial charge in [-0.2, -0.15) is 5.10 Å². The molecule has 2 saturated carbocycles. The minimum atomic E-state index is -1.26. The summed E-state index contributed by atoms with van der Waals surface area (Å²) in [6, 6.07) is 14.5. The van der Waals surface area contributed by atoms with E-state index in [1.165, 1.54) is 4.90 Å². The van der Waals surface area contributed by atoms with Crippen LogP contribution in [0.4, 0.5) is 5.82 Å². The van der Waals surface area contributed by atoms with E-state index < -0.39 is 35.0 Å². The maximum atomic E-state index is 15.0. The Kier molecular flexibility index (Phi) is 7.43. The fourth-order valence-corrected chi connectivity index (χ4v) is 11.6. The lowest BCUT2D eigenvalue weighted by Gasteiger charge is -2.49. The zero-order valence-electron chi connectivity index (χ0n) is 28.8. The first-order valence-corrected chi connectivity index (χ1v) is 19.2. The summed E-state index contributed by atoms with van der Waals surface area (Å²) >= 11 is 7.89. The third kappa shape index (κ3) is 4.54. The van der Waals surface area contributed by atoms with E-state index in [2.05, 4.69) is 0 Å². The quantitative estimate of drug-likeness (QED) is 0.172. The molecule has 0 bridgehead atoms. The Morgan fingerprint density at radius 1 is 0.961 bits per heavy atom. The summed E-state index contributed by atoms with van der Waals surface area (Å²) in [5.41, 5.74) is 1.83. The summed E-state index contributed by atoms with van der Waals surface area (Å²) in [5.74, 6) is -3.49. The molecular formula is C40H39ClN4O5S. The number of hydrogen-bond acceptors (Lipinski definition) is 7. The molecule has 5 aliphatic rings. The first-order chi connectivity index (χ1) is 24.5. The highest BCUT2D eigenvalue weighted by molar-refractivity contribution is 7.22. The fourth-order valence-electron chi connectivity index (χ4n) is 10.2. The van der Waals surface area contributed by atoms with Gasteiger partial charge in [0, 0.05) is 40.4 Å². The highest BCUT2D eigenvalue weighted by atomic mass is 35.5. The number of aryl methyl sites for hydroxylation is 2. The number of phenols is 1. The Labute approximate surface area is 304 Å². The number of halogens is 1. The number of rotatable bonds is 4. The summed E-state index contributed by atoms with van der Waals surface area (Å²) in [4.78, 5) is 61.8. The van der Waals surface area contributed by atoms with Crippen molar-refractivity contribution in [2.75, 3.05) is 4.90 Å². The van der Waals surface area contributed by atoms with E-state index in [1.54, 1.807) is 46.2 Å². The molecule has 4 fully saturated rings. The predicted octanol–water partition coefficient (Wildman–Crippen LogP) is 7.53. The van der Waals surface area contributed by atoms with E-state index in [1.807, 2.05) is 50.3 Å². The van der Waals surface area contributed by atoms with E-state index in [9.17, 15) is 19.5 Å². The van der Waals surface area contributed by atoms with Crippen molar-refractivity contribution in [1.29, 1.82) is 0 Å². The van der Waals surface area contributed by atoms with Gasteiger partial charge < -0.3 is 5.11 Å². The average Bonchev–Trinajstić information content (AvgIpc) is 3.79. The minimum absolute atomic E-state index is 0.0330. The molecule has 1 N–H and O–H groups in total. The van der Waals surface area contributed by atoms with Crippen LogP contribution in [0.15, 0.2) is 60.2 Å². The number of hydrogen-bond donors (Lipinski definition) is 1. The second kappa shape index (κ2) is 11.6. The predicted molar refractivity (Wildman–Crippen MR) is 195 cm³/mol. The molecule has 11 heteroatoms. The molecule has 3 aliphatic carbocycles. The number of amides is 4. The smallest absolute Gasteiger partial charge is 0.242 e. The Morgan fingerprint density at radius 3 is 2.49 bits per heavy atom. The molecule has 262 valence electrons. The van der Waals surface area contributed by atoms with Crippen molar-refractivity contribution in [3.05, 3.63) is 76.3 Å². The molecule has 51 heavy (non-hydrogen) atoms. The van der Waals surface area contributed by atoms with Crippen LogP contribution in [0.5, 0.6) is 5.75 Å². The first-order valence-electron chi connectivity index (χ1n) is 18.0.